The third kappa shape index (κ3) is 4.20. The maximum Gasteiger partial charge on any atom is 0.264 e. The van der Waals surface area contributed by atoms with Crippen molar-refractivity contribution in [3.05, 3.63) is 51.7 Å². The van der Waals surface area contributed by atoms with E-state index < -0.39 is 13.0 Å². The van der Waals surface area contributed by atoms with Crippen molar-refractivity contribution in [1.82, 2.24) is 0 Å². The molecule has 1 aromatic heterocycles. The lowest BCUT2D eigenvalue weighted by molar-refractivity contribution is -0.115. The molecular formula is C21H25NO3PS+. The Morgan fingerprint density at radius 3 is 2.52 bits per heavy atom. The molecule has 1 aliphatic heterocycles. The van der Waals surface area contributed by atoms with Crippen LogP contribution in [0.5, 0.6) is 0 Å². The molecule has 27 heavy (non-hydrogen) atoms. The van der Waals surface area contributed by atoms with E-state index in [9.17, 15) is 14.4 Å². The summed E-state index contributed by atoms with van der Waals surface area (Å²) >= 11 is 1.21. The smallest absolute Gasteiger partial charge is 0.264 e. The second-order valence-electron chi connectivity index (χ2n) is 7.29. The first-order valence-electron chi connectivity index (χ1n) is 9.25. The highest BCUT2D eigenvalue weighted by atomic mass is 32.1. The fourth-order valence-corrected chi connectivity index (χ4v) is 9.61. The van der Waals surface area contributed by atoms with Crippen molar-refractivity contribution >= 4 is 42.3 Å². The lowest BCUT2D eigenvalue weighted by Gasteiger charge is -2.28. The van der Waals surface area contributed by atoms with Crippen LogP contribution in [0.4, 0.5) is 5.69 Å². The number of aryl methyl sites for hydroxylation is 1. The SMILES string of the molecule is Cc1csc(C(=O)C=O)c1NC(=O)C(C)[P+]1(Cc2ccccc2)CCCC1. The van der Waals surface area contributed by atoms with E-state index in [1.54, 1.807) is 0 Å². The van der Waals surface area contributed by atoms with E-state index in [2.05, 4.69) is 29.6 Å². The summed E-state index contributed by atoms with van der Waals surface area (Å²) in [6, 6.07) is 10.4. The number of hydrogen-bond acceptors (Lipinski definition) is 4. The molecule has 1 aromatic carbocycles. The minimum Gasteiger partial charge on any atom is -0.321 e. The lowest BCUT2D eigenvalue weighted by Crippen LogP contribution is -2.30. The number of anilines is 1. The van der Waals surface area contributed by atoms with Crippen molar-refractivity contribution in [2.75, 3.05) is 17.6 Å². The third-order valence-corrected chi connectivity index (χ3v) is 12.0. The molecule has 4 nitrogen and oxygen atoms in total. The largest absolute Gasteiger partial charge is 0.321 e. The third-order valence-electron chi connectivity index (χ3n) is 5.55. The van der Waals surface area contributed by atoms with Gasteiger partial charge in [0.1, 0.15) is 10.5 Å². The maximum atomic E-state index is 13.1. The average molecular weight is 402 g/mol. The van der Waals surface area contributed by atoms with E-state index in [1.165, 1.54) is 29.7 Å². The van der Waals surface area contributed by atoms with Gasteiger partial charge in [-0.2, -0.15) is 0 Å². The normalized spacial score (nSPS) is 16.7. The van der Waals surface area contributed by atoms with Gasteiger partial charge in [-0.1, -0.05) is 30.3 Å². The van der Waals surface area contributed by atoms with Gasteiger partial charge in [-0.15, -0.1) is 11.3 Å². The number of rotatable bonds is 7. The van der Waals surface area contributed by atoms with Gasteiger partial charge in [0.15, 0.2) is 6.29 Å². The van der Waals surface area contributed by atoms with Crippen LogP contribution in [0.2, 0.25) is 0 Å². The van der Waals surface area contributed by atoms with Gasteiger partial charge in [-0.25, -0.2) is 0 Å². The van der Waals surface area contributed by atoms with E-state index in [-0.39, 0.29) is 11.6 Å². The molecule has 0 bridgehead atoms. The molecule has 2 heterocycles. The Labute approximate surface area is 164 Å². The van der Waals surface area contributed by atoms with E-state index in [0.29, 0.717) is 16.9 Å². The molecule has 1 unspecified atom stereocenters. The summed E-state index contributed by atoms with van der Waals surface area (Å²) in [7, 11) is -1.46. The van der Waals surface area contributed by atoms with Crippen LogP contribution in [-0.2, 0) is 15.8 Å². The Hall–Kier alpha value is -1.84. The first-order valence-corrected chi connectivity index (χ1v) is 12.5. The zero-order valence-electron chi connectivity index (χ0n) is 15.7. The second kappa shape index (κ2) is 8.45. The van der Waals surface area contributed by atoms with Crippen LogP contribution in [0.3, 0.4) is 0 Å². The fourth-order valence-electron chi connectivity index (χ4n) is 3.91. The number of nitrogens with one attached hydrogen (secondary N) is 1. The van der Waals surface area contributed by atoms with Crippen molar-refractivity contribution in [1.29, 1.82) is 0 Å². The molecule has 0 radical (unpaired) electrons. The van der Waals surface area contributed by atoms with Crippen molar-refractivity contribution in [2.24, 2.45) is 0 Å². The van der Waals surface area contributed by atoms with Crippen LogP contribution in [0.25, 0.3) is 0 Å². The second-order valence-corrected chi connectivity index (χ2v) is 12.6. The summed E-state index contributed by atoms with van der Waals surface area (Å²) in [5.41, 5.74) is 2.56. The Morgan fingerprint density at radius 1 is 1.22 bits per heavy atom. The number of aldehydes is 1. The fraction of sp³-hybridized carbons (Fsp3) is 0.381. The van der Waals surface area contributed by atoms with Gasteiger partial charge >= 0.3 is 0 Å². The highest BCUT2D eigenvalue weighted by molar-refractivity contribution is 7.76. The van der Waals surface area contributed by atoms with E-state index in [1.807, 2.05) is 25.3 Å². The van der Waals surface area contributed by atoms with Crippen LogP contribution < -0.4 is 5.32 Å². The number of carbonyl (C=O) groups is 3. The zero-order chi connectivity index (χ0) is 19.4. The zero-order valence-corrected chi connectivity index (χ0v) is 17.4. The minimum atomic E-state index is -1.46. The van der Waals surface area contributed by atoms with Crippen molar-refractivity contribution < 1.29 is 14.4 Å². The van der Waals surface area contributed by atoms with E-state index in [4.69, 9.17) is 0 Å². The topological polar surface area (TPSA) is 63.2 Å². The first-order chi connectivity index (χ1) is 13.0. The number of carbonyl (C=O) groups excluding carboxylic acids is 3. The van der Waals surface area contributed by atoms with Crippen molar-refractivity contribution in [3.8, 4) is 0 Å². The molecule has 1 saturated heterocycles. The number of benzene rings is 1. The molecule has 142 valence electrons. The molecule has 1 atom stereocenters. The molecular weight excluding hydrogens is 377 g/mol. The summed E-state index contributed by atoms with van der Waals surface area (Å²) in [5, 5.41) is 4.79. The Balaban J connectivity index is 1.82. The van der Waals surface area contributed by atoms with Gasteiger partial charge in [0.25, 0.3) is 5.91 Å². The van der Waals surface area contributed by atoms with Crippen LogP contribution >= 0.6 is 18.6 Å². The Bertz CT molecular complexity index is 840. The molecule has 1 amide bonds. The molecule has 1 fully saturated rings. The van der Waals surface area contributed by atoms with Gasteiger partial charge in [0.2, 0.25) is 5.78 Å². The Morgan fingerprint density at radius 2 is 1.89 bits per heavy atom. The summed E-state index contributed by atoms with van der Waals surface area (Å²) in [6.45, 7) is 3.89. The minimum absolute atomic E-state index is 0.0254. The van der Waals surface area contributed by atoms with Gasteiger partial charge < -0.3 is 5.32 Å². The Kier molecular flexibility index (Phi) is 6.23. The molecule has 0 aliphatic carbocycles. The lowest BCUT2D eigenvalue weighted by atomic mass is 10.2. The molecule has 3 rings (SSSR count). The summed E-state index contributed by atoms with van der Waals surface area (Å²) in [5.74, 6) is -0.603. The van der Waals surface area contributed by atoms with Gasteiger partial charge in [0.05, 0.1) is 24.2 Å². The van der Waals surface area contributed by atoms with Gasteiger partial charge in [0, 0.05) is 7.26 Å². The number of amides is 1. The average Bonchev–Trinajstić information content (AvgIpc) is 3.29. The molecule has 1 N–H and O–H groups in total. The first kappa shape index (κ1) is 19.9. The predicted octanol–water partition coefficient (Wildman–Crippen LogP) is 4.78. The van der Waals surface area contributed by atoms with Crippen LogP contribution in [0.15, 0.2) is 35.7 Å². The predicted molar refractivity (Wildman–Crippen MR) is 114 cm³/mol. The summed E-state index contributed by atoms with van der Waals surface area (Å²) in [4.78, 5) is 36.2. The van der Waals surface area contributed by atoms with Crippen LogP contribution in [0, 0.1) is 6.92 Å². The van der Waals surface area contributed by atoms with Gasteiger partial charge in [-0.3, -0.25) is 14.4 Å². The number of Topliss-reactive ketones (excluding diaryl/α,β-unsaturated/α-hetero) is 1. The van der Waals surface area contributed by atoms with Gasteiger partial charge in [-0.05, 0) is 43.2 Å². The number of hydrogen-bond donors (Lipinski definition) is 1. The van der Waals surface area contributed by atoms with Crippen LogP contribution in [-0.4, -0.2) is 36.0 Å². The van der Waals surface area contributed by atoms with Crippen molar-refractivity contribution in [2.45, 2.75) is 38.5 Å². The quantitative estimate of drug-likeness (QED) is 0.314. The molecule has 6 heteroatoms. The van der Waals surface area contributed by atoms with Crippen LogP contribution in [0.1, 0.15) is 40.6 Å². The standard InChI is InChI=1S/C21H24NO3PS/c1-15-14-27-20(18(24)12-23)19(15)22-21(25)16(2)26(10-6-7-11-26)13-17-8-4-3-5-9-17/h3-5,8-9,12,14,16H,6-7,10-11,13H2,1-2H3/p+1. The van der Waals surface area contributed by atoms with Crippen molar-refractivity contribution in [3.63, 3.8) is 0 Å². The van der Waals surface area contributed by atoms with E-state index >= 15 is 0 Å². The maximum absolute atomic E-state index is 13.1. The monoisotopic (exact) mass is 402 g/mol. The highest BCUT2D eigenvalue weighted by Crippen LogP contribution is 2.69. The number of thiophene rings is 1. The molecule has 2 aromatic rings. The molecule has 0 saturated carbocycles. The summed E-state index contributed by atoms with van der Waals surface area (Å²) in [6.07, 6.45) is 5.95. The molecule has 0 spiro atoms. The van der Waals surface area contributed by atoms with E-state index in [0.717, 1.165) is 24.0 Å². The number of ketones is 1. The molecule has 1 aliphatic rings. The highest BCUT2D eigenvalue weighted by Gasteiger charge is 2.49. The summed E-state index contributed by atoms with van der Waals surface area (Å²) < 4.78 is 0.